The summed E-state index contributed by atoms with van der Waals surface area (Å²) in [4.78, 5) is 14.6. The maximum Gasteiger partial charge on any atom is 0.269 e. The van der Waals surface area contributed by atoms with Gasteiger partial charge in [0.15, 0.2) is 5.82 Å². The molecule has 1 aliphatic carbocycles. The maximum atomic E-state index is 12.3. The smallest absolute Gasteiger partial charge is 0.269 e. The average Bonchev–Trinajstić information content (AvgIpc) is 3.28. The highest BCUT2D eigenvalue weighted by Crippen LogP contribution is 2.47. The van der Waals surface area contributed by atoms with Gasteiger partial charge in [-0.1, -0.05) is 6.92 Å². The molecule has 3 aliphatic rings. The monoisotopic (exact) mass is 304 g/mol. The minimum Gasteiger partial charge on any atom is -0.377 e. The number of nitrogens with zero attached hydrogens (tertiary/aromatic N) is 3. The van der Waals surface area contributed by atoms with E-state index in [0.717, 1.165) is 32.0 Å². The third-order valence-corrected chi connectivity index (χ3v) is 5.52. The lowest BCUT2D eigenvalue weighted by molar-refractivity contribution is 0.0819. The zero-order chi connectivity index (χ0) is 15.3. The molecule has 0 bridgehead atoms. The number of amides is 1. The van der Waals surface area contributed by atoms with Gasteiger partial charge < -0.3 is 15.0 Å². The van der Waals surface area contributed by atoms with E-state index >= 15 is 0 Å². The minimum atomic E-state index is -0.0307. The van der Waals surface area contributed by atoms with Crippen molar-refractivity contribution in [2.75, 3.05) is 31.2 Å². The molecule has 2 fully saturated rings. The Morgan fingerprint density at radius 1 is 1.50 bits per heavy atom. The molecular weight excluding hydrogens is 280 g/mol. The fourth-order valence-electron chi connectivity index (χ4n) is 3.98. The second kappa shape index (κ2) is 4.98. The largest absolute Gasteiger partial charge is 0.377 e. The normalized spacial score (nSPS) is 31.8. The van der Waals surface area contributed by atoms with Crippen LogP contribution >= 0.6 is 0 Å². The molecule has 6 heteroatoms. The zero-order valence-corrected chi connectivity index (χ0v) is 13.3. The Balaban J connectivity index is 1.75. The molecule has 4 rings (SSSR count). The molecule has 120 valence electrons. The Morgan fingerprint density at radius 3 is 3.00 bits per heavy atom. The highest BCUT2D eigenvalue weighted by Gasteiger charge is 2.50. The summed E-state index contributed by atoms with van der Waals surface area (Å²) in [6.45, 7) is 7.33. The van der Waals surface area contributed by atoms with Crippen LogP contribution in [-0.2, 0) is 10.3 Å². The van der Waals surface area contributed by atoms with Crippen LogP contribution in [0.2, 0.25) is 0 Å². The number of morpholine rings is 1. The summed E-state index contributed by atoms with van der Waals surface area (Å²) in [6, 6.07) is 2.26. The summed E-state index contributed by atoms with van der Waals surface area (Å²) in [5.74, 6) is 1.57. The van der Waals surface area contributed by atoms with Crippen molar-refractivity contribution >= 4 is 11.7 Å². The first-order valence-corrected chi connectivity index (χ1v) is 8.39. The summed E-state index contributed by atoms with van der Waals surface area (Å²) in [6.07, 6.45) is 3.49. The van der Waals surface area contributed by atoms with Crippen molar-refractivity contribution in [1.82, 2.24) is 15.1 Å². The SMILES string of the molecule is CC[C@@]1(C2CC2)CNC(=O)c2cc(N3CCOC[C@H]3C)nn21. The van der Waals surface area contributed by atoms with Crippen molar-refractivity contribution in [1.29, 1.82) is 0 Å². The third kappa shape index (κ3) is 1.96. The van der Waals surface area contributed by atoms with E-state index in [2.05, 4.69) is 24.1 Å². The lowest BCUT2D eigenvalue weighted by atomic mass is 9.88. The highest BCUT2D eigenvalue weighted by molar-refractivity contribution is 5.94. The number of carbonyl (C=O) groups is 1. The van der Waals surface area contributed by atoms with E-state index < -0.39 is 0 Å². The molecular formula is C16H24N4O2. The second-order valence-corrected chi connectivity index (χ2v) is 6.83. The first-order valence-electron chi connectivity index (χ1n) is 8.39. The van der Waals surface area contributed by atoms with E-state index in [4.69, 9.17) is 9.84 Å². The fourth-order valence-corrected chi connectivity index (χ4v) is 3.98. The quantitative estimate of drug-likeness (QED) is 0.916. The Morgan fingerprint density at radius 2 is 2.32 bits per heavy atom. The van der Waals surface area contributed by atoms with Gasteiger partial charge in [0.2, 0.25) is 0 Å². The Labute approximate surface area is 130 Å². The van der Waals surface area contributed by atoms with Gasteiger partial charge in [-0.25, -0.2) is 4.68 Å². The van der Waals surface area contributed by atoms with Crippen molar-refractivity contribution in [2.24, 2.45) is 5.92 Å². The summed E-state index contributed by atoms with van der Waals surface area (Å²) in [5.41, 5.74) is 0.686. The predicted molar refractivity (Wildman–Crippen MR) is 83.2 cm³/mol. The maximum absolute atomic E-state index is 12.3. The van der Waals surface area contributed by atoms with E-state index in [0.29, 0.717) is 24.2 Å². The van der Waals surface area contributed by atoms with Crippen molar-refractivity contribution in [3.8, 4) is 0 Å². The number of nitrogens with one attached hydrogen (secondary N) is 1. The van der Waals surface area contributed by atoms with Gasteiger partial charge in [0.25, 0.3) is 5.91 Å². The molecule has 2 aliphatic heterocycles. The van der Waals surface area contributed by atoms with Gasteiger partial charge in [-0.15, -0.1) is 0 Å². The molecule has 22 heavy (non-hydrogen) atoms. The third-order valence-electron chi connectivity index (χ3n) is 5.52. The van der Waals surface area contributed by atoms with Crippen LogP contribution in [-0.4, -0.2) is 48.0 Å². The molecule has 2 atom stereocenters. The fraction of sp³-hybridized carbons (Fsp3) is 0.750. The number of aromatic nitrogens is 2. The van der Waals surface area contributed by atoms with Crippen LogP contribution in [0.4, 0.5) is 5.82 Å². The van der Waals surface area contributed by atoms with E-state index in [1.165, 1.54) is 12.8 Å². The van der Waals surface area contributed by atoms with Crippen LogP contribution in [0.5, 0.6) is 0 Å². The van der Waals surface area contributed by atoms with Gasteiger partial charge >= 0.3 is 0 Å². The molecule has 1 aromatic heterocycles. The number of carbonyl (C=O) groups excluding carboxylic acids is 1. The lowest BCUT2D eigenvalue weighted by Crippen LogP contribution is -2.53. The Bertz CT molecular complexity index is 595. The molecule has 1 amide bonds. The number of rotatable bonds is 3. The van der Waals surface area contributed by atoms with E-state index in [-0.39, 0.29) is 11.4 Å². The number of ether oxygens (including phenoxy) is 1. The average molecular weight is 304 g/mol. The van der Waals surface area contributed by atoms with Gasteiger partial charge in [-0.2, -0.15) is 5.10 Å². The van der Waals surface area contributed by atoms with Crippen LogP contribution in [0.15, 0.2) is 6.07 Å². The number of hydrogen-bond donors (Lipinski definition) is 1. The summed E-state index contributed by atoms with van der Waals surface area (Å²) >= 11 is 0. The zero-order valence-electron chi connectivity index (χ0n) is 13.3. The van der Waals surface area contributed by atoms with Crippen LogP contribution in [0.3, 0.4) is 0 Å². The second-order valence-electron chi connectivity index (χ2n) is 6.83. The highest BCUT2D eigenvalue weighted by atomic mass is 16.5. The molecule has 0 radical (unpaired) electrons. The number of fused-ring (bicyclic) bond motifs is 1. The predicted octanol–water partition coefficient (Wildman–Crippen LogP) is 1.37. The van der Waals surface area contributed by atoms with E-state index in [1.54, 1.807) is 0 Å². The van der Waals surface area contributed by atoms with E-state index in [1.807, 2.05) is 10.7 Å². The molecule has 0 aromatic carbocycles. The van der Waals surface area contributed by atoms with Gasteiger partial charge in [0.1, 0.15) is 5.69 Å². The van der Waals surface area contributed by atoms with Gasteiger partial charge in [0.05, 0.1) is 24.8 Å². The first kappa shape index (κ1) is 14.1. The molecule has 1 saturated heterocycles. The molecule has 3 heterocycles. The van der Waals surface area contributed by atoms with Crippen LogP contribution in [0.25, 0.3) is 0 Å². The molecule has 1 saturated carbocycles. The standard InChI is InChI=1S/C16H24N4O2/c1-3-16(12-4-5-12)10-17-15(21)13-8-14(18-20(13)16)19-6-7-22-9-11(19)2/h8,11-12H,3-7,9-10H2,1-2H3,(H,17,21)/t11-,16+/m1/s1. The van der Waals surface area contributed by atoms with Gasteiger partial charge in [-0.05, 0) is 32.1 Å². The molecule has 0 spiro atoms. The minimum absolute atomic E-state index is 0.00406. The van der Waals surface area contributed by atoms with Gasteiger partial charge in [-0.3, -0.25) is 4.79 Å². The van der Waals surface area contributed by atoms with Crippen molar-refractivity contribution in [3.05, 3.63) is 11.8 Å². The Hall–Kier alpha value is -1.56. The topological polar surface area (TPSA) is 59.4 Å². The summed E-state index contributed by atoms with van der Waals surface area (Å²) in [7, 11) is 0. The van der Waals surface area contributed by atoms with Crippen LogP contribution in [0.1, 0.15) is 43.6 Å². The lowest BCUT2D eigenvalue weighted by Gasteiger charge is -2.38. The molecule has 1 N–H and O–H groups in total. The first-order chi connectivity index (χ1) is 10.7. The van der Waals surface area contributed by atoms with Crippen molar-refractivity contribution in [2.45, 2.75) is 44.7 Å². The number of anilines is 1. The van der Waals surface area contributed by atoms with Crippen molar-refractivity contribution in [3.63, 3.8) is 0 Å². The van der Waals surface area contributed by atoms with E-state index in [9.17, 15) is 4.79 Å². The summed E-state index contributed by atoms with van der Waals surface area (Å²) < 4.78 is 7.55. The van der Waals surface area contributed by atoms with Gasteiger partial charge in [0, 0.05) is 19.2 Å². The van der Waals surface area contributed by atoms with Crippen molar-refractivity contribution < 1.29 is 9.53 Å². The molecule has 0 unspecified atom stereocenters. The summed E-state index contributed by atoms with van der Waals surface area (Å²) in [5, 5.41) is 7.97. The molecule has 1 aromatic rings. The Kier molecular flexibility index (Phi) is 3.18. The molecule has 6 nitrogen and oxygen atoms in total. The van der Waals surface area contributed by atoms with Crippen LogP contribution in [0, 0.1) is 5.92 Å². The van der Waals surface area contributed by atoms with Crippen LogP contribution < -0.4 is 10.2 Å². The number of hydrogen-bond acceptors (Lipinski definition) is 4.